The van der Waals surface area contributed by atoms with Gasteiger partial charge >= 0.3 is 0 Å². The summed E-state index contributed by atoms with van der Waals surface area (Å²) in [6.45, 7) is 11.8. The molecule has 1 atom stereocenters. The molecule has 2 nitrogen and oxygen atoms in total. The first-order valence-electron chi connectivity index (χ1n) is 8.41. The Morgan fingerprint density at radius 1 is 0.900 bits per heavy atom. The molecule has 0 fully saturated rings. The number of furan rings is 1. The highest BCUT2D eigenvalue weighted by atomic mass is 16.3. The number of hydrogen-bond acceptors (Lipinski definition) is 2. The summed E-state index contributed by atoms with van der Waals surface area (Å²) < 4.78 is 5.79. The summed E-state index contributed by atoms with van der Waals surface area (Å²) in [4.78, 5) is 0. The van der Waals surface area contributed by atoms with E-state index in [0.717, 1.165) is 18.1 Å². The van der Waals surface area contributed by atoms with Gasteiger partial charge in [0, 0.05) is 11.6 Å². The van der Waals surface area contributed by atoms with Crippen LogP contribution < -0.4 is 5.32 Å². The molecule has 0 bridgehead atoms. The van der Waals surface area contributed by atoms with Gasteiger partial charge in [-0.05, 0) is 39.3 Å². The van der Waals surface area contributed by atoms with Crippen LogP contribution in [0.4, 0.5) is 0 Å². The Balaban J connectivity index is 2.52. The maximum atomic E-state index is 5.79. The van der Waals surface area contributed by atoms with E-state index >= 15 is 0 Å². The van der Waals surface area contributed by atoms with Crippen LogP contribution >= 0.6 is 0 Å². The third kappa shape index (κ3) is 4.97. The van der Waals surface area contributed by atoms with Crippen molar-refractivity contribution in [2.75, 3.05) is 6.54 Å². The van der Waals surface area contributed by atoms with Gasteiger partial charge in [-0.1, -0.05) is 52.4 Å². The second-order valence-corrected chi connectivity index (χ2v) is 5.92. The zero-order valence-corrected chi connectivity index (χ0v) is 14.1. The monoisotopic (exact) mass is 279 g/mol. The van der Waals surface area contributed by atoms with E-state index in [4.69, 9.17) is 4.42 Å². The minimum Gasteiger partial charge on any atom is -0.466 e. The fourth-order valence-corrected chi connectivity index (χ4v) is 3.05. The standard InChI is InChI=1S/C18H33NO/c1-6-8-9-10-11-12-13-17(19-7-2)18-14(3)15(4)20-16(18)5/h17,19H,6-13H2,1-5H3. The summed E-state index contributed by atoms with van der Waals surface area (Å²) in [6, 6.07) is 0.462. The topological polar surface area (TPSA) is 25.2 Å². The molecule has 0 aliphatic heterocycles. The first-order chi connectivity index (χ1) is 9.61. The van der Waals surface area contributed by atoms with Crippen LogP contribution in [0.5, 0.6) is 0 Å². The molecule has 0 amide bonds. The highest BCUT2D eigenvalue weighted by Gasteiger charge is 2.19. The van der Waals surface area contributed by atoms with Gasteiger partial charge in [0.1, 0.15) is 11.5 Å². The van der Waals surface area contributed by atoms with E-state index in [2.05, 4.69) is 39.9 Å². The van der Waals surface area contributed by atoms with E-state index < -0.39 is 0 Å². The minimum absolute atomic E-state index is 0.462. The van der Waals surface area contributed by atoms with E-state index in [9.17, 15) is 0 Å². The molecule has 1 aromatic rings. The summed E-state index contributed by atoms with van der Waals surface area (Å²) in [7, 11) is 0. The predicted molar refractivity (Wildman–Crippen MR) is 87.3 cm³/mol. The van der Waals surface area contributed by atoms with Crippen LogP contribution in [-0.4, -0.2) is 6.54 Å². The fraction of sp³-hybridized carbons (Fsp3) is 0.778. The van der Waals surface area contributed by atoms with Crippen molar-refractivity contribution in [2.45, 2.75) is 85.6 Å². The maximum absolute atomic E-state index is 5.79. The first kappa shape index (κ1) is 17.3. The Hall–Kier alpha value is -0.760. The molecule has 0 aliphatic rings. The zero-order valence-electron chi connectivity index (χ0n) is 14.1. The van der Waals surface area contributed by atoms with Crippen molar-refractivity contribution >= 4 is 0 Å². The van der Waals surface area contributed by atoms with Crippen molar-refractivity contribution in [2.24, 2.45) is 0 Å². The Morgan fingerprint density at radius 3 is 2.10 bits per heavy atom. The fourth-order valence-electron chi connectivity index (χ4n) is 3.05. The second kappa shape index (κ2) is 9.23. The predicted octanol–water partition coefficient (Wildman–Crippen LogP) is 5.61. The second-order valence-electron chi connectivity index (χ2n) is 5.92. The number of hydrogen-bond donors (Lipinski definition) is 1. The van der Waals surface area contributed by atoms with E-state index in [1.54, 1.807) is 0 Å². The van der Waals surface area contributed by atoms with Crippen molar-refractivity contribution in [3.63, 3.8) is 0 Å². The van der Waals surface area contributed by atoms with Crippen molar-refractivity contribution in [3.8, 4) is 0 Å². The van der Waals surface area contributed by atoms with Crippen LogP contribution in [0.15, 0.2) is 4.42 Å². The van der Waals surface area contributed by atoms with Crippen LogP contribution in [-0.2, 0) is 0 Å². The third-order valence-electron chi connectivity index (χ3n) is 4.26. The van der Waals surface area contributed by atoms with Crippen molar-refractivity contribution in [3.05, 3.63) is 22.6 Å². The lowest BCUT2D eigenvalue weighted by atomic mass is 9.96. The summed E-state index contributed by atoms with van der Waals surface area (Å²) in [6.07, 6.45) is 9.38. The molecule has 0 saturated carbocycles. The summed E-state index contributed by atoms with van der Waals surface area (Å²) in [5.74, 6) is 2.17. The molecule has 0 aromatic carbocycles. The van der Waals surface area contributed by atoms with Crippen molar-refractivity contribution < 1.29 is 4.42 Å². The molecule has 116 valence electrons. The number of aryl methyl sites for hydroxylation is 2. The van der Waals surface area contributed by atoms with Crippen LogP contribution in [0.3, 0.4) is 0 Å². The Morgan fingerprint density at radius 2 is 1.55 bits per heavy atom. The molecule has 1 N–H and O–H groups in total. The summed E-state index contributed by atoms with van der Waals surface area (Å²) >= 11 is 0. The van der Waals surface area contributed by atoms with Gasteiger partial charge in [0.05, 0.1) is 0 Å². The normalized spacial score (nSPS) is 12.8. The molecule has 1 rings (SSSR count). The molecule has 20 heavy (non-hydrogen) atoms. The van der Waals surface area contributed by atoms with Crippen LogP contribution in [0, 0.1) is 20.8 Å². The average Bonchev–Trinajstić information content (AvgIpc) is 2.66. The quantitative estimate of drug-likeness (QED) is 0.563. The molecule has 1 unspecified atom stereocenters. The molecule has 0 spiro atoms. The van der Waals surface area contributed by atoms with E-state index in [1.165, 1.54) is 56.1 Å². The SMILES string of the molecule is CCCCCCCCC(NCC)c1c(C)oc(C)c1C. The highest BCUT2D eigenvalue weighted by Crippen LogP contribution is 2.30. The van der Waals surface area contributed by atoms with Crippen molar-refractivity contribution in [1.82, 2.24) is 5.32 Å². The van der Waals surface area contributed by atoms with E-state index in [0.29, 0.717) is 6.04 Å². The lowest BCUT2D eigenvalue weighted by Crippen LogP contribution is -2.21. The number of rotatable bonds is 10. The molecule has 2 heteroatoms. The number of nitrogens with one attached hydrogen (secondary N) is 1. The lowest BCUT2D eigenvalue weighted by molar-refractivity contribution is 0.457. The van der Waals surface area contributed by atoms with E-state index in [1.807, 2.05) is 0 Å². The molecule has 1 aromatic heterocycles. The Bertz CT molecular complexity index is 381. The van der Waals surface area contributed by atoms with Gasteiger partial charge in [-0.25, -0.2) is 0 Å². The first-order valence-corrected chi connectivity index (χ1v) is 8.41. The van der Waals surface area contributed by atoms with Gasteiger partial charge in [-0.2, -0.15) is 0 Å². The molecule has 0 aliphatic carbocycles. The Kier molecular flexibility index (Phi) is 7.98. The summed E-state index contributed by atoms with van der Waals surface area (Å²) in [5.41, 5.74) is 2.73. The highest BCUT2D eigenvalue weighted by molar-refractivity contribution is 5.34. The molecule has 1 heterocycles. The van der Waals surface area contributed by atoms with Crippen LogP contribution in [0.2, 0.25) is 0 Å². The summed E-state index contributed by atoms with van der Waals surface area (Å²) in [5, 5.41) is 3.64. The van der Waals surface area contributed by atoms with Crippen LogP contribution in [0.1, 0.15) is 87.5 Å². The molecular formula is C18H33NO. The van der Waals surface area contributed by atoms with E-state index in [-0.39, 0.29) is 0 Å². The smallest absolute Gasteiger partial charge is 0.106 e. The van der Waals surface area contributed by atoms with Gasteiger partial charge in [-0.3, -0.25) is 0 Å². The average molecular weight is 279 g/mol. The van der Waals surface area contributed by atoms with Gasteiger partial charge < -0.3 is 9.73 Å². The largest absolute Gasteiger partial charge is 0.466 e. The lowest BCUT2D eigenvalue weighted by Gasteiger charge is -2.18. The molecule has 0 saturated heterocycles. The Labute approximate surface area is 125 Å². The van der Waals surface area contributed by atoms with Crippen LogP contribution in [0.25, 0.3) is 0 Å². The van der Waals surface area contributed by atoms with Crippen molar-refractivity contribution in [1.29, 1.82) is 0 Å². The number of unbranched alkanes of at least 4 members (excludes halogenated alkanes) is 5. The van der Waals surface area contributed by atoms with Gasteiger partial charge in [0.2, 0.25) is 0 Å². The minimum atomic E-state index is 0.462. The molecule has 0 radical (unpaired) electrons. The third-order valence-corrected chi connectivity index (χ3v) is 4.26. The van der Waals surface area contributed by atoms with Gasteiger partial charge in [0.15, 0.2) is 0 Å². The molecular weight excluding hydrogens is 246 g/mol. The maximum Gasteiger partial charge on any atom is 0.106 e. The zero-order chi connectivity index (χ0) is 15.0. The van der Waals surface area contributed by atoms with Gasteiger partial charge in [0.25, 0.3) is 0 Å². The van der Waals surface area contributed by atoms with Gasteiger partial charge in [-0.15, -0.1) is 0 Å².